The molecule has 1 aromatic heterocycles. The number of thioether (sulfide) groups is 1. The van der Waals surface area contributed by atoms with Gasteiger partial charge in [0.15, 0.2) is 0 Å². The number of pyridine rings is 1. The first-order valence-electron chi connectivity index (χ1n) is 22.3. The van der Waals surface area contributed by atoms with Gasteiger partial charge < -0.3 is 34.5 Å². The number of methoxy groups -OCH3 is 1. The topological polar surface area (TPSA) is 204 Å². The van der Waals surface area contributed by atoms with Crippen LogP contribution in [-0.4, -0.2) is 115 Å². The third-order valence-electron chi connectivity index (χ3n) is 13.4. The Morgan fingerprint density at radius 1 is 1.11 bits per heavy atom. The van der Waals surface area contributed by atoms with Crippen molar-refractivity contribution in [2.45, 2.75) is 133 Å². The maximum Gasteiger partial charge on any atom is 0.407 e. The molecule has 16 nitrogen and oxygen atoms in total. The molecule has 0 radical (unpaired) electrons. The average molecular weight is 909 g/mol. The fraction of sp³-hybridized carbons (Fsp3) is 0.644. The van der Waals surface area contributed by atoms with Gasteiger partial charge in [-0.3, -0.25) is 24.1 Å². The molecule has 18 heteroatoms. The summed E-state index contributed by atoms with van der Waals surface area (Å²) in [5.74, 6) is -0.460. The van der Waals surface area contributed by atoms with E-state index in [1.165, 1.54) is 11.0 Å². The Morgan fingerprint density at radius 2 is 1.89 bits per heavy atom. The quantitative estimate of drug-likeness (QED) is 0.249. The van der Waals surface area contributed by atoms with Gasteiger partial charge in [-0.1, -0.05) is 39.2 Å². The standard InChI is InChI=1S/C45H60N6O10S2/c1-6-29-21-45(29,42(54)50-63(56,57)32-14-15-32)49-40(52)35-18-31-22-51(35)41(53)39(27-11-8-7-9-12-27)48-43(55)60-25-44(3,4)16-10-13-28-17-33-34(19-36(28)58-5)47-38(20-37(33)61-31)59-23-30-24-62-26(2)46-30/h6,17,19-20,27,29-32,35,39H,1,7-16,18,21-25H2,2-5H3,(H,48,55)(H,49,52)(H,50,54)/t29-,30?,31-,35+,39+,45-/m1/s1. The molecule has 3 saturated carbocycles. The van der Waals surface area contributed by atoms with E-state index in [1.807, 2.05) is 32.9 Å². The molecule has 4 amide bonds. The van der Waals surface area contributed by atoms with Crippen molar-refractivity contribution in [3.8, 4) is 17.4 Å². The molecule has 342 valence electrons. The van der Waals surface area contributed by atoms with Crippen molar-refractivity contribution in [2.24, 2.45) is 22.2 Å². The van der Waals surface area contributed by atoms with Gasteiger partial charge in [-0.15, -0.1) is 18.3 Å². The maximum absolute atomic E-state index is 15.1. The number of benzene rings is 1. The molecule has 4 heterocycles. The molecular weight excluding hydrogens is 849 g/mol. The SMILES string of the molecule is C=C[C@@H]1C[C@]1(NC(=O)[C@@H]1C[C@@H]2CN1C(=O)[C@H](C1CCCCC1)NC(=O)OCC(C)(C)CCCc1cc3c(cc(OCC4CSC(C)=N4)nc3cc1OC)O2)C(=O)NS(=O)(=O)C1CC1. The number of aromatic nitrogens is 1. The van der Waals surface area contributed by atoms with Crippen LogP contribution < -0.4 is 29.6 Å². The number of amides is 4. The molecule has 3 aliphatic heterocycles. The summed E-state index contributed by atoms with van der Waals surface area (Å²) in [7, 11) is -2.31. The van der Waals surface area contributed by atoms with Crippen molar-refractivity contribution in [1.82, 2.24) is 25.2 Å². The van der Waals surface area contributed by atoms with E-state index in [0.29, 0.717) is 67.0 Å². The number of carbonyl (C=O) groups excluding carboxylic acids is 4. The van der Waals surface area contributed by atoms with Gasteiger partial charge in [0.05, 0.1) is 42.1 Å². The normalized spacial score (nSPS) is 29.0. The van der Waals surface area contributed by atoms with Crippen LogP contribution in [0, 0.1) is 17.3 Å². The van der Waals surface area contributed by atoms with Crippen LogP contribution in [0.5, 0.6) is 17.4 Å². The van der Waals surface area contributed by atoms with Gasteiger partial charge in [-0.25, -0.2) is 18.2 Å². The minimum absolute atomic E-state index is 0.0274. The fourth-order valence-corrected chi connectivity index (χ4v) is 11.7. The number of alkyl carbamates (subject to hydrolysis) is 1. The summed E-state index contributed by atoms with van der Waals surface area (Å²) in [4.78, 5) is 68.1. The van der Waals surface area contributed by atoms with Crippen molar-refractivity contribution in [3.05, 3.63) is 36.4 Å². The summed E-state index contributed by atoms with van der Waals surface area (Å²) in [6, 6.07) is 3.43. The molecule has 2 aromatic rings. The van der Waals surface area contributed by atoms with Gasteiger partial charge in [-0.05, 0) is 81.3 Å². The Morgan fingerprint density at radius 3 is 2.57 bits per heavy atom. The molecule has 6 aliphatic rings. The first-order valence-corrected chi connectivity index (χ1v) is 24.8. The van der Waals surface area contributed by atoms with Gasteiger partial charge in [0.1, 0.15) is 41.8 Å². The number of sulfonamides is 1. The molecule has 1 unspecified atom stereocenters. The highest BCUT2D eigenvalue weighted by molar-refractivity contribution is 8.14. The van der Waals surface area contributed by atoms with E-state index < -0.39 is 74.1 Å². The zero-order chi connectivity index (χ0) is 44.7. The number of nitrogens with zero attached hydrogens (tertiary/aromatic N) is 3. The number of hydrogen-bond acceptors (Lipinski definition) is 13. The molecule has 6 atom stereocenters. The van der Waals surface area contributed by atoms with Crippen molar-refractivity contribution in [3.63, 3.8) is 0 Å². The highest BCUT2D eigenvalue weighted by atomic mass is 32.2. The lowest BCUT2D eigenvalue weighted by molar-refractivity contribution is -0.142. The smallest absolute Gasteiger partial charge is 0.407 e. The number of cyclic esters (lactones) is 1. The fourth-order valence-electron chi connectivity index (χ4n) is 9.48. The highest BCUT2D eigenvalue weighted by Gasteiger charge is 2.62. The zero-order valence-electron chi connectivity index (χ0n) is 36.6. The van der Waals surface area contributed by atoms with E-state index in [4.69, 9.17) is 23.9 Å². The van der Waals surface area contributed by atoms with Crippen molar-refractivity contribution >= 4 is 61.5 Å². The molecule has 4 fully saturated rings. The minimum atomic E-state index is -3.92. The first-order chi connectivity index (χ1) is 30.1. The predicted octanol–water partition coefficient (Wildman–Crippen LogP) is 5.21. The van der Waals surface area contributed by atoms with E-state index in [9.17, 15) is 22.8 Å². The Hall–Kier alpha value is -4.58. The number of aryl methyl sites for hydroxylation is 1. The predicted molar refractivity (Wildman–Crippen MR) is 239 cm³/mol. The van der Waals surface area contributed by atoms with Gasteiger partial charge in [0.25, 0.3) is 5.91 Å². The summed E-state index contributed by atoms with van der Waals surface area (Å²) in [5.41, 5.74) is -0.456. The average Bonchev–Trinajstić information content (AvgIpc) is 4.16. The van der Waals surface area contributed by atoms with Crippen LogP contribution >= 0.6 is 11.8 Å². The van der Waals surface area contributed by atoms with Crippen LogP contribution in [0.1, 0.15) is 97.0 Å². The summed E-state index contributed by atoms with van der Waals surface area (Å²) in [6.45, 7) is 10.3. The van der Waals surface area contributed by atoms with Crippen LogP contribution in [-0.2, 0) is 35.6 Å². The molecular formula is C45H60N6O10S2. The first kappa shape index (κ1) is 45.0. The summed E-state index contributed by atoms with van der Waals surface area (Å²) in [6.07, 6.45) is 7.50. The van der Waals surface area contributed by atoms with Crippen molar-refractivity contribution in [2.75, 3.05) is 32.6 Å². The van der Waals surface area contributed by atoms with E-state index in [-0.39, 0.29) is 38.0 Å². The van der Waals surface area contributed by atoms with Gasteiger partial charge in [0.2, 0.25) is 27.7 Å². The Kier molecular flexibility index (Phi) is 12.9. The number of aliphatic imine (C=N–C) groups is 1. The van der Waals surface area contributed by atoms with E-state index in [0.717, 1.165) is 48.5 Å². The molecule has 63 heavy (non-hydrogen) atoms. The van der Waals surface area contributed by atoms with Crippen LogP contribution in [0.25, 0.3) is 10.9 Å². The van der Waals surface area contributed by atoms with Crippen LogP contribution in [0.4, 0.5) is 4.79 Å². The molecule has 4 bridgehead atoms. The van der Waals surface area contributed by atoms with Crippen LogP contribution in [0.2, 0.25) is 0 Å². The second kappa shape index (κ2) is 18.1. The lowest BCUT2D eigenvalue weighted by atomic mass is 9.83. The molecule has 0 spiro atoms. The summed E-state index contributed by atoms with van der Waals surface area (Å²) < 4.78 is 52.8. The highest BCUT2D eigenvalue weighted by Crippen LogP contribution is 2.46. The number of fused-ring (bicyclic) bond motifs is 3. The van der Waals surface area contributed by atoms with Crippen molar-refractivity contribution < 1.29 is 46.5 Å². The Labute approximate surface area is 373 Å². The number of ether oxygens (including phenoxy) is 4. The van der Waals surface area contributed by atoms with Gasteiger partial charge in [-0.2, -0.15) is 0 Å². The number of nitrogens with one attached hydrogen (secondary N) is 3. The maximum atomic E-state index is 15.1. The Balaban J connectivity index is 1.16. The minimum Gasteiger partial charge on any atom is -0.496 e. The molecule has 1 aromatic carbocycles. The van der Waals surface area contributed by atoms with Crippen LogP contribution in [0.15, 0.2) is 35.8 Å². The second-order valence-electron chi connectivity index (χ2n) is 18.8. The third kappa shape index (κ3) is 10.1. The molecule has 3 N–H and O–H groups in total. The summed E-state index contributed by atoms with van der Waals surface area (Å²) in [5, 5.41) is 6.84. The van der Waals surface area contributed by atoms with Crippen LogP contribution in [0.3, 0.4) is 0 Å². The molecule has 1 saturated heterocycles. The van der Waals surface area contributed by atoms with Crippen molar-refractivity contribution in [1.29, 1.82) is 0 Å². The summed E-state index contributed by atoms with van der Waals surface area (Å²) >= 11 is 1.68. The lowest BCUT2D eigenvalue weighted by Crippen LogP contribution is -2.59. The van der Waals surface area contributed by atoms with Gasteiger partial charge in [0, 0.05) is 35.6 Å². The number of rotatable bonds is 11. The molecule has 3 aliphatic carbocycles. The van der Waals surface area contributed by atoms with E-state index in [1.54, 1.807) is 24.9 Å². The Bertz CT molecular complexity index is 2280. The third-order valence-corrected chi connectivity index (χ3v) is 16.3. The van der Waals surface area contributed by atoms with E-state index in [2.05, 4.69) is 26.9 Å². The number of hydrogen-bond donors (Lipinski definition) is 3. The largest absolute Gasteiger partial charge is 0.496 e. The second-order valence-corrected chi connectivity index (χ2v) is 22.0. The monoisotopic (exact) mass is 908 g/mol. The molecule has 8 rings (SSSR count). The number of carbonyl (C=O) groups is 4. The zero-order valence-corrected chi connectivity index (χ0v) is 38.2. The van der Waals surface area contributed by atoms with E-state index >= 15 is 4.79 Å². The van der Waals surface area contributed by atoms with Gasteiger partial charge >= 0.3 is 6.09 Å². The lowest BCUT2D eigenvalue weighted by Gasteiger charge is -2.35.